The highest BCUT2D eigenvalue weighted by Gasteiger charge is 2.08. The predicted molar refractivity (Wildman–Crippen MR) is 74.8 cm³/mol. The van der Waals surface area contributed by atoms with Gasteiger partial charge in [-0.3, -0.25) is 0 Å². The minimum atomic E-state index is 0.206. The van der Waals surface area contributed by atoms with Gasteiger partial charge in [-0.25, -0.2) is 0 Å². The molecule has 5 nitrogen and oxygen atoms in total. The zero-order chi connectivity index (χ0) is 13.7. The van der Waals surface area contributed by atoms with Crippen molar-refractivity contribution in [1.82, 2.24) is 20.2 Å². The van der Waals surface area contributed by atoms with Gasteiger partial charge in [-0.1, -0.05) is 23.4 Å². The molecular weight excluding hydrogens is 284 g/mol. The molecule has 2 aromatic rings. The first kappa shape index (κ1) is 14.0. The number of carbonyl (C=O) groups is 1. The third kappa shape index (κ3) is 4.04. The number of tetrazole rings is 1. The third-order valence-corrected chi connectivity index (χ3v) is 3.67. The molecule has 0 radical (unpaired) electrons. The smallest absolute Gasteiger partial charge is 0.214 e. The van der Waals surface area contributed by atoms with Crippen molar-refractivity contribution in [2.75, 3.05) is 5.75 Å². The zero-order valence-electron chi connectivity index (χ0n) is 10.4. The molecule has 0 unspecified atom stereocenters. The van der Waals surface area contributed by atoms with Crippen LogP contribution in [0.1, 0.15) is 19.8 Å². The molecule has 0 spiro atoms. The van der Waals surface area contributed by atoms with Crippen molar-refractivity contribution in [3.8, 4) is 5.69 Å². The molecule has 1 aromatic heterocycles. The van der Waals surface area contributed by atoms with E-state index in [1.807, 2.05) is 12.1 Å². The van der Waals surface area contributed by atoms with Crippen LogP contribution in [-0.4, -0.2) is 31.7 Å². The van der Waals surface area contributed by atoms with Crippen LogP contribution in [0.4, 0.5) is 0 Å². The Morgan fingerprint density at radius 1 is 1.37 bits per heavy atom. The minimum absolute atomic E-state index is 0.206. The summed E-state index contributed by atoms with van der Waals surface area (Å²) in [7, 11) is 0. The van der Waals surface area contributed by atoms with Crippen molar-refractivity contribution >= 4 is 29.1 Å². The Morgan fingerprint density at radius 2 is 2.11 bits per heavy atom. The summed E-state index contributed by atoms with van der Waals surface area (Å²) in [6.07, 6.45) is 1.42. The van der Waals surface area contributed by atoms with E-state index in [1.165, 1.54) is 11.8 Å². The molecule has 0 aliphatic heterocycles. The lowest BCUT2D eigenvalue weighted by molar-refractivity contribution is -0.117. The van der Waals surface area contributed by atoms with Gasteiger partial charge in [-0.15, -0.1) is 5.10 Å². The van der Waals surface area contributed by atoms with Gasteiger partial charge in [0.2, 0.25) is 5.16 Å². The Morgan fingerprint density at radius 3 is 2.79 bits per heavy atom. The molecule has 19 heavy (non-hydrogen) atoms. The average Bonchev–Trinajstić information content (AvgIpc) is 2.84. The van der Waals surface area contributed by atoms with Crippen LogP contribution in [0.3, 0.4) is 0 Å². The first-order valence-electron chi connectivity index (χ1n) is 5.83. The van der Waals surface area contributed by atoms with Crippen LogP contribution in [0.2, 0.25) is 5.02 Å². The summed E-state index contributed by atoms with van der Waals surface area (Å²) in [4.78, 5) is 10.9. The van der Waals surface area contributed by atoms with Crippen LogP contribution in [0, 0.1) is 0 Å². The fourth-order valence-corrected chi connectivity index (χ4v) is 2.45. The maximum Gasteiger partial charge on any atom is 0.214 e. The van der Waals surface area contributed by atoms with Crippen LogP contribution < -0.4 is 0 Å². The zero-order valence-corrected chi connectivity index (χ0v) is 12.0. The monoisotopic (exact) mass is 296 g/mol. The second kappa shape index (κ2) is 6.68. The summed E-state index contributed by atoms with van der Waals surface area (Å²) in [6, 6.07) is 7.31. The van der Waals surface area contributed by atoms with Crippen molar-refractivity contribution in [2.24, 2.45) is 0 Å². The molecule has 0 N–H and O–H groups in total. The normalized spacial score (nSPS) is 10.6. The lowest BCUT2D eigenvalue weighted by atomic mass is 10.3. The number of aromatic nitrogens is 4. The van der Waals surface area contributed by atoms with Crippen LogP contribution in [0.25, 0.3) is 5.69 Å². The van der Waals surface area contributed by atoms with Crippen LogP contribution in [-0.2, 0) is 4.79 Å². The van der Waals surface area contributed by atoms with Gasteiger partial charge in [0.05, 0.1) is 5.69 Å². The van der Waals surface area contributed by atoms with Gasteiger partial charge in [-0.2, -0.15) is 4.68 Å². The van der Waals surface area contributed by atoms with E-state index in [0.717, 1.165) is 17.9 Å². The molecule has 100 valence electrons. The molecule has 0 aliphatic rings. The van der Waals surface area contributed by atoms with Crippen molar-refractivity contribution in [3.63, 3.8) is 0 Å². The van der Waals surface area contributed by atoms with Crippen molar-refractivity contribution in [1.29, 1.82) is 0 Å². The van der Waals surface area contributed by atoms with E-state index in [9.17, 15) is 4.79 Å². The van der Waals surface area contributed by atoms with Gasteiger partial charge in [0.1, 0.15) is 5.78 Å². The Kier molecular flexibility index (Phi) is 4.93. The third-order valence-electron chi connectivity index (χ3n) is 2.42. The van der Waals surface area contributed by atoms with Crippen molar-refractivity contribution in [3.05, 3.63) is 29.3 Å². The number of hydrogen-bond donors (Lipinski definition) is 0. The number of Topliss-reactive ketones (excluding diaryl/α,β-unsaturated/α-hetero) is 1. The molecule has 2 rings (SSSR count). The quantitative estimate of drug-likeness (QED) is 0.606. The van der Waals surface area contributed by atoms with E-state index in [-0.39, 0.29) is 5.78 Å². The summed E-state index contributed by atoms with van der Waals surface area (Å²) in [5, 5.41) is 13.0. The first-order chi connectivity index (χ1) is 9.16. The summed E-state index contributed by atoms with van der Waals surface area (Å²) in [5.41, 5.74) is 0.864. The van der Waals surface area contributed by atoms with Crippen LogP contribution in [0.5, 0.6) is 0 Å². The molecular formula is C12H13ClN4OS. The van der Waals surface area contributed by atoms with Gasteiger partial charge in [0, 0.05) is 17.2 Å². The summed E-state index contributed by atoms with van der Waals surface area (Å²) >= 11 is 7.38. The predicted octanol–water partition coefficient (Wildman–Crippen LogP) is 2.78. The molecule has 1 heterocycles. The second-order valence-electron chi connectivity index (χ2n) is 4.00. The molecule has 0 aliphatic carbocycles. The topological polar surface area (TPSA) is 60.7 Å². The fourth-order valence-electron chi connectivity index (χ4n) is 1.50. The Hall–Kier alpha value is -1.40. The Bertz CT molecular complexity index is 555. The summed E-state index contributed by atoms with van der Waals surface area (Å²) < 4.78 is 1.66. The highest BCUT2D eigenvalue weighted by Crippen LogP contribution is 2.20. The van der Waals surface area contributed by atoms with E-state index < -0.39 is 0 Å². The molecule has 0 bridgehead atoms. The lowest BCUT2D eigenvalue weighted by Gasteiger charge is -2.03. The van der Waals surface area contributed by atoms with E-state index in [0.29, 0.717) is 16.6 Å². The molecule has 0 fully saturated rings. The van der Waals surface area contributed by atoms with Gasteiger partial charge in [-0.05, 0) is 48.0 Å². The Balaban J connectivity index is 2.01. The second-order valence-corrected chi connectivity index (χ2v) is 5.50. The standard InChI is InChI=1S/C12H13ClN4OS/c1-9(18)3-2-8-19-12-14-15-16-17(12)11-6-4-10(13)5-7-11/h4-7H,2-3,8H2,1H3. The summed E-state index contributed by atoms with van der Waals surface area (Å²) in [5.74, 6) is 1.02. The average molecular weight is 297 g/mol. The van der Waals surface area contributed by atoms with Crippen LogP contribution in [0.15, 0.2) is 29.4 Å². The number of benzene rings is 1. The highest BCUT2D eigenvalue weighted by molar-refractivity contribution is 7.99. The molecule has 0 saturated heterocycles. The van der Waals surface area contributed by atoms with Gasteiger partial charge < -0.3 is 4.79 Å². The SMILES string of the molecule is CC(=O)CCCSc1nnnn1-c1ccc(Cl)cc1. The lowest BCUT2D eigenvalue weighted by Crippen LogP contribution is -1.99. The number of hydrogen-bond acceptors (Lipinski definition) is 5. The van der Waals surface area contributed by atoms with E-state index in [1.54, 1.807) is 23.7 Å². The molecule has 0 saturated carbocycles. The van der Waals surface area contributed by atoms with Crippen molar-refractivity contribution < 1.29 is 4.79 Å². The van der Waals surface area contributed by atoms with Gasteiger partial charge >= 0.3 is 0 Å². The van der Waals surface area contributed by atoms with Crippen molar-refractivity contribution in [2.45, 2.75) is 24.9 Å². The maximum absolute atomic E-state index is 10.9. The Labute approximate surface area is 120 Å². The number of ketones is 1. The number of thioether (sulfide) groups is 1. The molecule has 0 amide bonds. The van der Waals surface area contributed by atoms with E-state index in [2.05, 4.69) is 15.5 Å². The largest absolute Gasteiger partial charge is 0.300 e. The fraction of sp³-hybridized carbons (Fsp3) is 0.333. The maximum atomic E-state index is 10.9. The molecule has 0 atom stereocenters. The van der Waals surface area contributed by atoms with E-state index in [4.69, 9.17) is 11.6 Å². The first-order valence-corrected chi connectivity index (χ1v) is 7.20. The highest BCUT2D eigenvalue weighted by atomic mass is 35.5. The van der Waals surface area contributed by atoms with Gasteiger partial charge in [0.15, 0.2) is 0 Å². The van der Waals surface area contributed by atoms with Crippen LogP contribution >= 0.6 is 23.4 Å². The van der Waals surface area contributed by atoms with Gasteiger partial charge in [0.25, 0.3) is 0 Å². The molecule has 7 heteroatoms. The number of halogens is 1. The summed E-state index contributed by atoms with van der Waals surface area (Å²) in [6.45, 7) is 1.60. The number of carbonyl (C=O) groups excluding carboxylic acids is 1. The van der Waals surface area contributed by atoms with E-state index >= 15 is 0 Å². The minimum Gasteiger partial charge on any atom is -0.300 e. The molecule has 1 aromatic carbocycles. The number of nitrogens with zero attached hydrogens (tertiary/aromatic N) is 4. The number of rotatable bonds is 6.